The number of ether oxygens (including phenoxy) is 2. The highest BCUT2D eigenvalue weighted by Gasteiger charge is 2.00. The molecule has 0 saturated carbocycles. The van der Waals surface area contributed by atoms with Crippen LogP contribution in [0.25, 0.3) is 0 Å². The zero-order valence-corrected chi connectivity index (χ0v) is 13.4. The van der Waals surface area contributed by atoms with Gasteiger partial charge >= 0.3 is 0 Å². The number of hydrogen-bond donors (Lipinski definition) is 1. The highest BCUT2D eigenvalue weighted by molar-refractivity contribution is 7.84. The minimum absolute atomic E-state index is 0.214. The van der Waals surface area contributed by atoms with Gasteiger partial charge in [-0.3, -0.25) is 4.21 Å². The zero-order valence-electron chi connectivity index (χ0n) is 12.5. The van der Waals surface area contributed by atoms with Crippen molar-refractivity contribution in [2.75, 3.05) is 25.1 Å². The first-order valence-electron chi connectivity index (χ1n) is 7.48. The minimum Gasteiger partial charge on any atom is -0.396 e. The fraction of sp³-hybridized carbons (Fsp3) is 0.625. The third kappa shape index (κ3) is 10.6. The Balaban J connectivity index is 1.90. The molecule has 5 heteroatoms. The first-order chi connectivity index (χ1) is 10.3. The van der Waals surface area contributed by atoms with Crippen molar-refractivity contribution in [2.24, 2.45) is 0 Å². The predicted octanol–water partition coefficient (Wildman–Crippen LogP) is 2.83. The van der Waals surface area contributed by atoms with Crippen LogP contribution in [0, 0.1) is 0 Å². The van der Waals surface area contributed by atoms with Crippen molar-refractivity contribution in [3.63, 3.8) is 0 Å². The van der Waals surface area contributed by atoms with Crippen LogP contribution in [0.3, 0.4) is 0 Å². The second kappa shape index (κ2) is 13.0. The summed E-state index contributed by atoms with van der Waals surface area (Å²) < 4.78 is 22.4. The van der Waals surface area contributed by atoms with E-state index in [0.29, 0.717) is 13.2 Å². The molecule has 1 N–H and O–H groups in total. The molecule has 0 aliphatic heterocycles. The Morgan fingerprint density at radius 2 is 1.57 bits per heavy atom. The van der Waals surface area contributed by atoms with Crippen LogP contribution in [0.15, 0.2) is 30.3 Å². The monoisotopic (exact) mass is 314 g/mol. The molecule has 0 fully saturated rings. The Morgan fingerprint density at radius 3 is 2.33 bits per heavy atom. The van der Waals surface area contributed by atoms with Gasteiger partial charge in [0.2, 0.25) is 0 Å². The van der Waals surface area contributed by atoms with Crippen LogP contribution in [-0.4, -0.2) is 34.4 Å². The lowest BCUT2D eigenvalue weighted by atomic mass is 10.1. The normalized spacial score (nSPS) is 12.4. The molecule has 0 radical (unpaired) electrons. The van der Waals surface area contributed by atoms with Crippen LogP contribution in [0.5, 0.6) is 0 Å². The minimum atomic E-state index is -1.08. The molecule has 0 saturated heterocycles. The SMILES string of the molecule is O=[S@@](COCCCCCCCO)COCc1ccccc1. The summed E-state index contributed by atoms with van der Waals surface area (Å²) in [5, 5.41) is 8.64. The van der Waals surface area contributed by atoms with E-state index in [1.807, 2.05) is 30.3 Å². The first kappa shape index (κ1) is 18.3. The summed E-state index contributed by atoms with van der Waals surface area (Å²) in [6.07, 6.45) is 5.14. The Labute approximate surface area is 129 Å². The van der Waals surface area contributed by atoms with Gasteiger partial charge < -0.3 is 14.6 Å². The van der Waals surface area contributed by atoms with Gasteiger partial charge in [-0.2, -0.15) is 0 Å². The van der Waals surface area contributed by atoms with Gasteiger partial charge in [-0.15, -0.1) is 0 Å². The second-order valence-electron chi connectivity index (χ2n) is 4.91. The lowest BCUT2D eigenvalue weighted by Crippen LogP contribution is -2.09. The van der Waals surface area contributed by atoms with Crippen molar-refractivity contribution < 1.29 is 18.8 Å². The molecular weight excluding hydrogens is 288 g/mol. The molecule has 1 aromatic rings. The van der Waals surface area contributed by atoms with Crippen molar-refractivity contribution in [3.8, 4) is 0 Å². The standard InChI is InChI=1S/C16H26O4S/c17-11-7-2-1-3-8-12-19-14-21(18)15-20-13-16-9-5-4-6-10-16/h4-6,9-10,17H,1-3,7-8,11-15H2/t21-/m0/s1. The van der Waals surface area contributed by atoms with E-state index in [1.54, 1.807) is 0 Å². The van der Waals surface area contributed by atoms with E-state index in [4.69, 9.17) is 14.6 Å². The highest BCUT2D eigenvalue weighted by Crippen LogP contribution is 2.03. The fourth-order valence-corrected chi connectivity index (χ4v) is 2.50. The molecule has 0 bridgehead atoms. The van der Waals surface area contributed by atoms with E-state index in [1.165, 1.54) is 0 Å². The summed E-state index contributed by atoms with van der Waals surface area (Å²) in [7, 11) is -1.08. The largest absolute Gasteiger partial charge is 0.396 e. The van der Waals surface area contributed by atoms with E-state index in [9.17, 15) is 4.21 Å². The van der Waals surface area contributed by atoms with Gasteiger partial charge in [-0.25, -0.2) is 0 Å². The number of rotatable bonds is 13. The third-order valence-electron chi connectivity index (χ3n) is 2.99. The fourth-order valence-electron chi connectivity index (χ4n) is 1.86. The third-order valence-corrected chi connectivity index (χ3v) is 3.85. The van der Waals surface area contributed by atoms with Gasteiger partial charge in [0.15, 0.2) is 0 Å². The number of unbranched alkanes of at least 4 members (excludes halogenated alkanes) is 4. The van der Waals surface area contributed by atoms with E-state index < -0.39 is 10.8 Å². The molecule has 0 aliphatic carbocycles. The maximum absolute atomic E-state index is 11.6. The molecule has 120 valence electrons. The molecular formula is C16H26O4S. The van der Waals surface area contributed by atoms with Crippen molar-refractivity contribution in [3.05, 3.63) is 35.9 Å². The Kier molecular flexibility index (Phi) is 11.3. The average molecular weight is 314 g/mol. The molecule has 0 aliphatic rings. The van der Waals surface area contributed by atoms with Crippen molar-refractivity contribution in [1.82, 2.24) is 0 Å². The lowest BCUT2D eigenvalue weighted by Gasteiger charge is -2.06. The number of aliphatic hydroxyl groups excluding tert-OH is 1. The van der Waals surface area contributed by atoms with Gasteiger partial charge in [0, 0.05) is 13.2 Å². The molecule has 0 heterocycles. The van der Waals surface area contributed by atoms with Crippen LogP contribution in [0.4, 0.5) is 0 Å². The van der Waals surface area contributed by atoms with Crippen LogP contribution >= 0.6 is 0 Å². The molecule has 0 aromatic heterocycles. The number of aliphatic hydroxyl groups is 1. The highest BCUT2D eigenvalue weighted by atomic mass is 32.2. The van der Waals surface area contributed by atoms with Crippen molar-refractivity contribution >= 4 is 10.8 Å². The summed E-state index contributed by atoms with van der Waals surface area (Å²) in [5.74, 6) is 0.455. The molecule has 0 spiro atoms. The summed E-state index contributed by atoms with van der Waals surface area (Å²) >= 11 is 0. The molecule has 1 aromatic carbocycles. The quantitative estimate of drug-likeness (QED) is 0.569. The van der Waals surface area contributed by atoms with E-state index in [0.717, 1.165) is 37.7 Å². The molecule has 4 nitrogen and oxygen atoms in total. The Hall–Kier alpha value is -0.750. The molecule has 1 rings (SSSR count). The van der Waals surface area contributed by atoms with Gasteiger partial charge in [0.25, 0.3) is 0 Å². The predicted molar refractivity (Wildman–Crippen MR) is 85.2 cm³/mol. The van der Waals surface area contributed by atoms with Crippen LogP contribution in [0.2, 0.25) is 0 Å². The summed E-state index contributed by atoms with van der Waals surface area (Å²) in [6, 6.07) is 9.84. The van der Waals surface area contributed by atoms with E-state index in [-0.39, 0.29) is 18.5 Å². The maximum Gasteiger partial charge on any atom is 0.124 e. The van der Waals surface area contributed by atoms with Crippen LogP contribution in [0.1, 0.15) is 37.7 Å². The van der Waals surface area contributed by atoms with E-state index in [2.05, 4.69) is 0 Å². The zero-order chi connectivity index (χ0) is 15.2. The molecule has 1 atom stereocenters. The first-order valence-corrected chi connectivity index (χ1v) is 8.97. The number of benzene rings is 1. The van der Waals surface area contributed by atoms with Crippen molar-refractivity contribution in [1.29, 1.82) is 0 Å². The summed E-state index contributed by atoms with van der Waals surface area (Å²) in [5.41, 5.74) is 1.08. The maximum atomic E-state index is 11.6. The smallest absolute Gasteiger partial charge is 0.124 e. The molecule has 0 unspecified atom stereocenters. The Morgan fingerprint density at radius 1 is 0.905 bits per heavy atom. The van der Waals surface area contributed by atoms with Gasteiger partial charge in [-0.1, -0.05) is 49.6 Å². The lowest BCUT2D eigenvalue weighted by molar-refractivity contribution is 0.152. The topological polar surface area (TPSA) is 55.8 Å². The van der Waals surface area contributed by atoms with Crippen LogP contribution < -0.4 is 0 Å². The van der Waals surface area contributed by atoms with Gasteiger partial charge in [0.1, 0.15) is 11.9 Å². The Bertz CT molecular complexity index is 370. The summed E-state index contributed by atoms with van der Waals surface area (Å²) in [4.78, 5) is 0. The number of hydrogen-bond acceptors (Lipinski definition) is 4. The van der Waals surface area contributed by atoms with E-state index >= 15 is 0 Å². The molecule has 0 amide bonds. The van der Waals surface area contributed by atoms with Gasteiger partial charge in [-0.05, 0) is 18.4 Å². The second-order valence-corrected chi connectivity index (χ2v) is 6.26. The summed E-state index contributed by atoms with van der Waals surface area (Å²) in [6.45, 7) is 1.40. The average Bonchev–Trinajstić information content (AvgIpc) is 2.51. The van der Waals surface area contributed by atoms with Gasteiger partial charge in [0.05, 0.1) is 17.4 Å². The molecule has 21 heavy (non-hydrogen) atoms. The van der Waals surface area contributed by atoms with Crippen molar-refractivity contribution in [2.45, 2.75) is 38.7 Å². The van der Waals surface area contributed by atoms with Crippen LogP contribution in [-0.2, 0) is 26.9 Å².